The van der Waals surface area contributed by atoms with E-state index in [1.54, 1.807) is 24.0 Å². The maximum absolute atomic E-state index is 5.95. The van der Waals surface area contributed by atoms with Crippen molar-refractivity contribution in [3.05, 3.63) is 52.8 Å². The van der Waals surface area contributed by atoms with E-state index in [-0.39, 0.29) is 0 Å². The lowest BCUT2D eigenvalue weighted by Crippen LogP contribution is -1.91. The summed E-state index contributed by atoms with van der Waals surface area (Å²) < 4.78 is 0. The number of aromatic nitrogens is 1. The summed E-state index contributed by atoms with van der Waals surface area (Å²) in [5, 5.41) is 0.715. The molecule has 0 radical (unpaired) electrons. The van der Waals surface area contributed by atoms with Gasteiger partial charge in [-0.25, -0.2) is 0 Å². The molecule has 17 heavy (non-hydrogen) atoms. The first-order valence-electron chi connectivity index (χ1n) is 5.24. The molecular weight excluding hydrogens is 252 g/mol. The van der Waals surface area contributed by atoms with Crippen LogP contribution in [-0.2, 0) is 5.75 Å². The molecule has 0 spiro atoms. The summed E-state index contributed by atoms with van der Waals surface area (Å²) in [7, 11) is 0. The van der Waals surface area contributed by atoms with Crippen LogP contribution in [0.2, 0.25) is 5.02 Å². The summed E-state index contributed by atoms with van der Waals surface area (Å²) >= 11 is 7.58. The van der Waals surface area contributed by atoms with Crippen molar-refractivity contribution in [2.45, 2.75) is 17.6 Å². The zero-order chi connectivity index (χ0) is 12.3. The van der Waals surface area contributed by atoms with Crippen molar-refractivity contribution >= 4 is 29.1 Å². The minimum absolute atomic E-state index is 0.715. The van der Waals surface area contributed by atoms with E-state index in [4.69, 9.17) is 17.3 Å². The summed E-state index contributed by atoms with van der Waals surface area (Å²) in [4.78, 5) is 5.34. The fraction of sp³-hybridized carbons (Fsp3) is 0.154. The van der Waals surface area contributed by atoms with Crippen LogP contribution in [0.1, 0.15) is 11.3 Å². The molecule has 0 fully saturated rings. The number of hydrogen-bond acceptors (Lipinski definition) is 3. The Morgan fingerprint density at radius 1 is 1.29 bits per heavy atom. The van der Waals surface area contributed by atoms with E-state index in [1.165, 1.54) is 5.56 Å². The van der Waals surface area contributed by atoms with E-state index in [2.05, 4.69) is 11.1 Å². The monoisotopic (exact) mass is 264 g/mol. The highest BCUT2D eigenvalue weighted by Crippen LogP contribution is 2.28. The first-order valence-corrected chi connectivity index (χ1v) is 6.61. The predicted molar refractivity (Wildman–Crippen MR) is 74.4 cm³/mol. The van der Waals surface area contributed by atoms with Crippen molar-refractivity contribution in [2.24, 2.45) is 0 Å². The standard InChI is InChI=1S/C13H13ClN2S/c1-9-2-3-13(12(15)6-9)17-8-11-7-10(14)4-5-16-11/h2-7H,8,15H2,1H3. The van der Waals surface area contributed by atoms with Crippen LogP contribution < -0.4 is 5.73 Å². The summed E-state index contributed by atoms with van der Waals surface area (Å²) in [6.45, 7) is 2.03. The Bertz CT molecular complexity index is 529. The van der Waals surface area contributed by atoms with Crippen LogP contribution >= 0.6 is 23.4 Å². The molecule has 0 aliphatic heterocycles. The topological polar surface area (TPSA) is 38.9 Å². The maximum atomic E-state index is 5.95. The van der Waals surface area contributed by atoms with Gasteiger partial charge >= 0.3 is 0 Å². The molecule has 4 heteroatoms. The summed E-state index contributed by atoms with van der Waals surface area (Å²) in [6, 6.07) is 9.73. The lowest BCUT2D eigenvalue weighted by atomic mass is 10.2. The molecule has 0 aliphatic rings. The Morgan fingerprint density at radius 2 is 2.12 bits per heavy atom. The third-order valence-corrected chi connectivity index (χ3v) is 3.68. The first-order chi connectivity index (χ1) is 8.15. The van der Waals surface area contributed by atoms with Crippen LogP contribution in [0, 0.1) is 6.92 Å². The zero-order valence-corrected chi connectivity index (χ0v) is 11.1. The molecule has 0 amide bonds. The molecule has 2 N–H and O–H groups in total. The fourth-order valence-electron chi connectivity index (χ4n) is 1.48. The van der Waals surface area contributed by atoms with Crippen LogP contribution in [0.25, 0.3) is 0 Å². The van der Waals surface area contributed by atoms with Crippen LogP contribution in [0.4, 0.5) is 5.69 Å². The number of rotatable bonds is 3. The maximum Gasteiger partial charge on any atom is 0.0521 e. The largest absolute Gasteiger partial charge is 0.398 e. The van der Waals surface area contributed by atoms with Gasteiger partial charge in [0.2, 0.25) is 0 Å². The molecule has 1 aromatic heterocycles. The molecule has 2 aromatic rings. The number of nitrogens with zero attached hydrogens (tertiary/aromatic N) is 1. The molecule has 0 saturated carbocycles. The van der Waals surface area contributed by atoms with Crippen molar-refractivity contribution < 1.29 is 0 Å². The van der Waals surface area contributed by atoms with Gasteiger partial charge in [-0.05, 0) is 36.8 Å². The quantitative estimate of drug-likeness (QED) is 0.675. The number of nitrogen functional groups attached to an aromatic ring is 1. The van der Waals surface area contributed by atoms with Gasteiger partial charge in [0.1, 0.15) is 0 Å². The third-order valence-electron chi connectivity index (χ3n) is 2.32. The van der Waals surface area contributed by atoms with Crippen molar-refractivity contribution in [3.63, 3.8) is 0 Å². The number of halogens is 1. The summed E-state index contributed by atoms with van der Waals surface area (Å²) in [5.74, 6) is 0.772. The highest BCUT2D eigenvalue weighted by atomic mass is 35.5. The lowest BCUT2D eigenvalue weighted by Gasteiger charge is -2.06. The number of pyridine rings is 1. The zero-order valence-electron chi connectivity index (χ0n) is 9.48. The van der Waals surface area contributed by atoms with Gasteiger partial charge in [0, 0.05) is 27.6 Å². The van der Waals surface area contributed by atoms with Crippen LogP contribution in [0.15, 0.2) is 41.4 Å². The number of hydrogen-bond donors (Lipinski definition) is 1. The van der Waals surface area contributed by atoms with Gasteiger partial charge in [-0.1, -0.05) is 17.7 Å². The Morgan fingerprint density at radius 3 is 2.82 bits per heavy atom. The molecule has 0 unspecified atom stereocenters. The van der Waals surface area contributed by atoms with Gasteiger partial charge in [0.25, 0.3) is 0 Å². The highest BCUT2D eigenvalue weighted by molar-refractivity contribution is 7.98. The average Bonchev–Trinajstić information content (AvgIpc) is 2.28. The minimum atomic E-state index is 0.715. The second-order valence-electron chi connectivity index (χ2n) is 3.80. The van der Waals surface area contributed by atoms with E-state index < -0.39 is 0 Å². The minimum Gasteiger partial charge on any atom is -0.398 e. The molecule has 2 nitrogen and oxygen atoms in total. The van der Waals surface area contributed by atoms with E-state index in [0.717, 1.165) is 22.0 Å². The number of aryl methyl sites for hydroxylation is 1. The van der Waals surface area contributed by atoms with E-state index in [9.17, 15) is 0 Å². The van der Waals surface area contributed by atoms with Crippen molar-refractivity contribution in [1.82, 2.24) is 4.98 Å². The van der Waals surface area contributed by atoms with E-state index >= 15 is 0 Å². The number of benzene rings is 1. The van der Waals surface area contributed by atoms with Gasteiger partial charge in [-0.3, -0.25) is 4.98 Å². The van der Waals surface area contributed by atoms with Crippen molar-refractivity contribution in [2.75, 3.05) is 5.73 Å². The number of thioether (sulfide) groups is 1. The van der Waals surface area contributed by atoms with Crippen LogP contribution in [-0.4, -0.2) is 4.98 Å². The van der Waals surface area contributed by atoms with Crippen LogP contribution in [0.5, 0.6) is 0 Å². The molecule has 0 aliphatic carbocycles. The second kappa shape index (κ2) is 5.43. The normalized spacial score (nSPS) is 10.5. The Kier molecular flexibility index (Phi) is 3.92. The second-order valence-corrected chi connectivity index (χ2v) is 5.25. The molecule has 1 aromatic carbocycles. The Balaban J connectivity index is 2.07. The lowest BCUT2D eigenvalue weighted by molar-refractivity contribution is 1.17. The molecule has 2 rings (SSSR count). The predicted octanol–water partition coefficient (Wildman–Crippen LogP) is 3.92. The van der Waals surface area contributed by atoms with Gasteiger partial charge in [0.05, 0.1) is 5.69 Å². The number of anilines is 1. The Hall–Kier alpha value is -1.19. The smallest absolute Gasteiger partial charge is 0.0521 e. The molecule has 0 bridgehead atoms. The molecule has 0 atom stereocenters. The van der Waals surface area contributed by atoms with Crippen LogP contribution in [0.3, 0.4) is 0 Å². The summed E-state index contributed by atoms with van der Waals surface area (Å²) in [6.07, 6.45) is 1.72. The third kappa shape index (κ3) is 3.38. The fourth-order valence-corrected chi connectivity index (χ4v) is 2.51. The van der Waals surface area contributed by atoms with Crippen molar-refractivity contribution in [3.8, 4) is 0 Å². The van der Waals surface area contributed by atoms with E-state index in [0.29, 0.717) is 5.02 Å². The highest BCUT2D eigenvalue weighted by Gasteiger charge is 2.02. The van der Waals surface area contributed by atoms with Crippen molar-refractivity contribution in [1.29, 1.82) is 0 Å². The molecule has 0 saturated heterocycles. The summed E-state index contributed by atoms with van der Waals surface area (Å²) in [5.41, 5.74) is 8.90. The SMILES string of the molecule is Cc1ccc(SCc2cc(Cl)ccn2)c(N)c1. The Labute approximate surface area is 110 Å². The van der Waals surface area contributed by atoms with Gasteiger partial charge < -0.3 is 5.73 Å². The van der Waals surface area contributed by atoms with Gasteiger partial charge in [-0.15, -0.1) is 11.8 Å². The molecular formula is C13H13ClN2S. The first kappa shape index (κ1) is 12.3. The molecule has 88 valence electrons. The average molecular weight is 265 g/mol. The van der Waals surface area contributed by atoms with E-state index in [1.807, 2.05) is 25.1 Å². The number of nitrogens with two attached hydrogens (primary N) is 1. The van der Waals surface area contributed by atoms with Gasteiger partial charge in [-0.2, -0.15) is 0 Å². The molecule has 1 heterocycles. The van der Waals surface area contributed by atoms with Gasteiger partial charge in [0.15, 0.2) is 0 Å².